The fourth-order valence-corrected chi connectivity index (χ4v) is 3.38. The van der Waals surface area contributed by atoms with Crippen molar-refractivity contribution in [2.24, 2.45) is 0 Å². The first-order valence-electron chi connectivity index (χ1n) is 8.95. The number of aromatic nitrogens is 3. The molecule has 0 aliphatic carbocycles. The SMILES string of the molecule is O=C(c1cccnn1)N1CCC[C@H](c2ncc(Cc3cccc(F)c3)o2)C1. The zero-order chi connectivity index (χ0) is 18.6. The molecule has 1 aliphatic rings. The van der Waals surface area contributed by atoms with Gasteiger partial charge >= 0.3 is 0 Å². The highest BCUT2D eigenvalue weighted by atomic mass is 19.1. The lowest BCUT2D eigenvalue weighted by Crippen LogP contribution is -2.39. The first kappa shape index (κ1) is 17.3. The molecule has 1 saturated heterocycles. The van der Waals surface area contributed by atoms with E-state index in [0.29, 0.717) is 36.9 Å². The maximum atomic E-state index is 13.3. The molecule has 1 aliphatic heterocycles. The number of hydrogen-bond acceptors (Lipinski definition) is 5. The van der Waals surface area contributed by atoms with E-state index in [1.54, 1.807) is 35.5 Å². The van der Waals surface area contributed by atoms with Gasteiger partial charge in [-0.25, -0.2) is 9.37 Å². The highest BCUT2D eigenvalue weighted by Gasteiger charge is 2.29. The van der Waals surface area contributed by atoms with Crippen LogP contribution in [0.1, 0.15) is 46.5 Å². The number of amides is 1. The first-order chi connectivity index (χ1) is 13.2. The molecule has 0 saturated carbocycles. The van der Waals surface area contributed by atoms with Gasteiger partial charge in [0, 0.05) is 25.7 Å². The largest absolute Gasteiger partial charge is 0.445 e. The van der Waals surface area contributed by atoms with E-state index < -0.39 is 0 Å². The summed E-state index contributed by atoms with van der Waals surface area (Å²) in [5, 5.41) is 7.67. The Morgan fingerprint density at radius 1 is 1.30 bits per heavy atom. The Bertz CT molecular complexity index is 928. The number of carbonyl (C=O) groups is 1. The van der Waals surface area contributed by atoms with E-state index in [9.17, 15) is 9.18 Å². The van der Waals surface area contributed by atoms with Crippen LogP contribution in [0, 0.1) is 5.82 Å². The van der Waals surface area contributed by atoms with Gasteiger partial charge in [0.05, 0.1) is 12.1 Å². The van der Waals surface area contributed by atoms with E-state index in [-0.39, 0.29) is 17.6 Å². The lowest BCUT2D eigenvalue weighted by molar-refractivity contribution is 0.0690. The van der Waals surface area contributed by atoms with Crippen molar-refractivity contribution in [2.75, 3.05) is 13.1 Å². The Morgan fingerprint density at radius 2 is 2.22 bits per heavy atom. The molecule has 138 valence electrons. The maximum Gasteiger partial charge on any atom is 0.274 e. The molecule has 0 spiro atoms. The number of piperidine rings is 1. The van der Waals surface area contributed by atoms with Crippen molar-refractivity contribution in [1.29, 1.82) is 0 Å². The Balaban J connectivity index is 1.44. The highest BCUT2D eigenvalue weighted by Crippen LogP contribution is 2.28. The zero-order valence-electron chi connectivity index (χ0n) is 14.7. The summed E-state index contributed by atoms with van der Waals surface area (Å²) in [7, 11) is 0. The number of carbonyl (C=O) groups excluding carboxylic acids is 1. The topological polar surface area (TPSA) is 72.1 Å². The summed E-state index contributed by atoms with van der Waals surface area (Å²) in [6.45, 7) is 1.22. The van der Waals surface area contributed by atoms with Crippen LogP contribution in [0.2, 0.25) is 0 Å². The van der Waals surface area contributed by atoms with Crippen molar-refractivity contribution < 1.29 is 13.6 Å². The average molecular weight is 366 g/mol. The molecule has 1 aromatic carbocycles. The van der Waals surface area contributed by atoms with E-state index >= 15 is 0 Å². The third-order valence-electron chi connectivity index (χ3n) is 4.69. The monoisotopic (exact) mass is 366 g/mol. The van der Waals surface area contributed by atoms with Gasteiger partial charge in [-0.2, -0.15) is 5.10 Å². The molecule has 2 aromatic heterocycles. The average Bonchev–Trinajstić information content (AvgIpc) is 3.17. The standard InChI is InChI=1S/C20H19FN4O2/c21-16-6-1-4-14(10-16)11-17-12-22-19(27-17)15-5-3-9-25(13-15)20(26)18-7-2-8-23-24-18/h1-2,4,6-8,10,12,15H,3,5,9,11,13H2/t15-/m0/s1. The molecule has 1 atom stereocenters. The van der Waals surface area contributed by atoms with Crippen molar-refractivity contribution in [2.45, 2.75) is 25.2 Å². The predicted molar refractivity (Wildman–Crippen MR) is 95.6 cm³/mol. The Morgan fingerprint density at radius 3 is 3.04 bits per heavy atom. The van der Waals surface area contributed by atoms with Gasteiger partial charge in [-0.3, -0.25) is 4.79 Å². The predicted octanol–water partition coefficient (Wildman–Crippen LogP) is 3.21. The van der Waals surface area contributed by atoms with Crippen LogP contribution in [-0.4, -0.2) is 39.1 Å². The normalized spacial score (nSPS) is 17.1. The number of rotatable bonds is 4. The molecular weight excluding hydrogens is 347 g/mol. The lowest BCUT2D eigenvalue weighted by atomic mass is 9.97. The summed E-state index contributed by atoms with van der Waals surface area (Å²) in [5.74, 6) is 0.962. The molecular formula is C20H19FN4O2. The second-order valence-corrected chi connectivity index (χ2v) is 6.67. The summed E-state index contributed by atoms with van der Waals surface area (Å²) in [5.41, 5.74) is 1.18. The van der Waals surface area contributed by atoms with Crippen LogP contribution in [0.3, 0.4) is 0 Å². The van der Waals surface area contributed by atoms with Gasteiger partial charge in [0.15, 0.2) is 11.6 Å². The number of halogens is 1. The van der Waals surface area contributed by atoms with E-state index in [2.05, 4.69) is 15.2 Å². The minimum absolute atomic E-state index is 0.0423. The molecule has 7 heteroatoms. The number of likely N-dealkylation sites (tertiary alicyclic amines) is 1. The number of nitrogens with zero attached hydrogens (tertiary/aromatic N) is 4. The molecule has 3 heterocycles. The molecule has 4 rings (SSSR count). The molecule has 6 nitrogen and oxygen atoms in total. The van der Waals surface area contributed by atoms with Gasteiger partial charge in [0.1, 0.15) is 11.6 Å². The van der Waals surface area contributed by atoms with Crippen LogP contribution < -0.4 is 0 Å². The van der Waals surface area contributed by atoms with Crippen LogP contribution in [0.15, 0.2) is 53.2 Å². The van der Waals surface area contributed by atoms with Crippen LogP contribution in [0.4, 0.5) is 4.39 Å². The van der Waals surface area contributed by atoms with Crippen LogP contribution in [0.5, 0.6) is 0 Å². The summed E-state index contributed by atoms with van der Waals surface area (Å²) in [4.78, 5) is 18.8. The fraction of sp³-hybridized carbons (Fsp3) is 0.300. The molecule has 3 aromatic rings. The van der Waals surface area contributed by atoms with Gasteiger partial charge in [0.2, 0.25) is 0 Å². The van der Waals surface area contributed by atoms with Gasteiger partial charge < -0.3 is 9.32 Å². The summed E-state index contributed by atoms with van der Waals surface area (Å²) < 4.78 is 19.2. The molecule has 0 bridgehead atoms. The second kappa shape index (κ2) is 7.65. The second-order valence-electron chi connectivity index (χ2n) is 6.67. The van der Waals surface area contributed by atoms with Crippen LogP contribution in [0.25, 0.3) is 0 Å². The zero-order valence-corrected chi connectivity index (χ0v) is 14.7. The van der Waals surface area contributed by atoms with Gasteiger partial charge in [-0.05, 0) is 42.7 Å². The highest BCUT2D eigenvalue weighted by molar-refractivity contribution is 5.92. The minimum Gasteiger partial charge on any atom is -0.445 e. The molecule has 0 radical (unpaired) electrons. The Labute approximate surface area is 156 Å². The van der Waals surface area contributed by atoms with Crippen LogP contribution in [-0.2, 0) is 6.42 Å². The quantitative estimate of drug-likeness (QED) is 0.709. The smallest absolute Gasteiger partial charge is 0.274 e. The van der Waals surface area contributed by atoms with E-state index in [4.69, 9.17) is 4.42 Å². The van der Waals surface area contributed by atoms with Gasteiger partial charge in [0.25, 0.3) is 5.91 Å². The fourth-order valence-electron chi connectivity index (χ4n) is 3.38. The van der Waals surface area contributed by atoms with Gasteiger partial charge in [-0.1, -0.05) is 12.1 Å². The van der Waals surface area contributed by atoms with Crippen molar-refractivity contribution >= 4 is 5.91 Å². The van der Waals surface area contributed by atoms with E-state index in [1.165, 1.54) is 12.1 Å². The van der Waals surface area contributed by atoms with Crippen LogP contribution >= 0.6 is 0 Å². The van der Waals surface area contributed by atoms with Gasteiger partial charge in [-0.15, -0.1) is 5.10 Å². The number of oxazole rings is 1. The summed E-state index contributed by atoms with van der Waals surface area (Å²) in [6, 6.07) is 9.81. The number of hydrogen-bond donors (Lipinski definition) is 0. The minimum atomic E-state index is -0.266. The van der Waals surface area contributed by atoms with Crippen molar-refractivity contribution in [3.63, 3.8) is 0 Å². The molecule has 1 fully saturated rings. The molecule has 1 amide bonds. The first-order valence-corrected chi connectivity index (χ1v) is 8.95. The number of benzene rings is 1. The van der Waals surface area contributed by atoms with E-state index in [1.807, 2.05) is 6.07 Å². The molecule has 0 unspecified atom stereocenters. The molecule has 27 heavy (non-hydrogen) atoms. The Kier molecular flexibility index (Phi) is 4.91. The Hall–Kier alpha value is -3.09. The third kappa shape index (κ3) is 4.02. The van der Waals surface area contributed by atoms with E-state index in [0.717, 1.165) is 18.4 Å². The van der Waals surface area contributed by atoms with Crippen molar-refractivity contribution in [3.05, 3.63) is 77.5 Å². The summed E-state index contributed by atoms with van der Waals surface area (Å²) in [6.07, 6.45) is 5.49. The van der Waals surface area contributed by atoms with Crippen molar-refractivity contribution in [3.8, 4) is 0 Å². The maximum absolute atomic E-state index is 13.3. The van der Waals surface area contributed by atoms with Crippen molar-refractivity contribution in [1.82, 2.24) is 20.1 Å². The molecule has 0 N–H and O–H groups in total. The lowest BCUT2D eigenvalue weighted by Gasteiger charge is -2.30. The summed E-state index contributed by atoms with van der Waals surface area (Å²) >= 11 is 0. The third-order valence-corrected chi connectivity index (χ3v) is 4.69.